The van der Waals surface area contributed by atoms with E-state index in [1.807, 2.05) is 30.3 Å². The molecule has 1 saturated heterocycles. The molecule has 0 aliphatic carbocycles. The number of hydrogen-bond donors (Lipinski definition) is 1. The van der Waals surface area contributed by atoms with Gasteiger partial charge in [-0.25, -0.2) is 10.1 Å². The van der Waals surface area contributed by atoms with Crippen molar-refractivity contribution in [3.63, 3.8) is 0 Å². The van der Waals surface area contributed by atoms with Crippen molar-refractivity contribution in [2.24, 2.45) is 0 Å². The lowest BCUT2D eigenvalue weighted by atomic mass is 10.1. The van der Waals surface area contributed by atoms with Crippen molar-refractivity contribution in [2.75, 3.05) is 26.2 Å². The van der Waals surface area contributed by atoms with E-state index in [2.05, 4.69) is 9.94 Å². The van der Waals surface area contributed by atoms with Crippen LogP contribution in [0.4, 0.5) is 0 Å². The summed E-state index contributed by atoms with van der Waals surface area (Å²) in [7, 11) is 0. The van der Waals surface area contributed by atoms with Crippen LogP contribution < -0.4 is 4.74 Å². The number of ether oxygens (including phenoxy) is 1. The van der Waals surface area contributed by atoms with Gasteiger partial charge in [-0.1, -0.05) is 23.2 Å². The zero-order valence-corrected chi connectivity index (χ0v) is 11.7. The molecule has 112 valence electrons. The van der Waals surface area contributed by atoms with E-state index in [9.17, 15) is 0 Å². The SMILES string of the molecule is OOOC1CCN(CCCCOc2ccccc2)CC1. The topological polar surface area (TPSA) is 51.2 Å². The van der Waals surface area contributed by atoms with Crippen LogP contribution in [0.25, 0.3) is 0 Å². The Morgan fingerprint density at radius 3 is 2.55 bits per heavy atom. The highest BCUT2D eigenvalue weighted by Crippen LogP contribution is 2.14. The summed E-state index contributed by atoms with van der Waals surface area (Å²) < 4.78 is 5.66. The second-order valence-corrected chi connectivity index (χ2v) is 5.08. The van der Waals surface area contributed by atoms with Crippen LogP contribution in [-0.4, -0.2) is 42.5 Å². The molecule has 1 N–H and O–H groups in total. The number of benzene rings is 1. The van der Waals surface area contributed by atoms with Crippen molar-refractivity contribution >= 4 is 0 Å². The summed E-state index contributed by atoms with van der Waals surface area (Å²) in [5.74, 6) is 0.939. The maximum absolute atomic E-state index is 8.23. The van der Waals surface area contributed by atoms with Crippen LogP contribution >= 0.6 is 0 Å². The second-order valence-electron chi connectivity index (χ2n) is 5.08. The summed E-state index contributed by atoms with van der Waals surface area (Å²) in [6, 6.07) is 9.92. The van der Waals surface area contributed by atoms with Crippen LogP contribution in [0, 0.1) is 0 Å². The van der Waals surface area contributed by atoms with Crippen molar-refractivity contribution in [1.82, 2.24) is 4.90 Å². The molecule has 20 heavy (non-hydrogen) atoms. The molecule has 0 unspecified atom stereocenters. The van der Waals surface area contributed by atoms with E-state index < -0.39 is 0 Å². The molecule has 0 bridgehead atoms. The summed E-state index contributed by atoms with van der Waals surface area (Å²) in [5, 5.41) is 12.0. The first-order valence-corrected chi connectivity index (χ1v) is 7.25. The molecule has 1 aliphatic rings. The number of para-hydroxylation sites is 1. The van der Waals surface area contributed by atoms with Gasteiger partial charge in [0.2, 0.25) is 0 Å². The summed E-state index contributed by atoms with van der Waals surface area (Å²) >= 11 is 0. The third-order valence-electron chi connectivity index (χ3n) is 3.59. The maximum atomic E-state index is 8.23. The zero-order valence-electron chi connectivity index (χ0n) is 11.7. The van der Waals surface area contributed by atoms with Gasteiger partial charge >= 0.3 is 0 Å². The first-order valence-electron chi connectivity index (χ1n) is 7.25. The molecule has 5 nitrogen and oxygen atoms in total. The van der Waals surface area contributed by atoms with Crippen molar-refractivity contribution < 1.29 is 19.9 Å². The molecule has 0 amide bonds. The first kappa shape index (κ1) is 15.3. The molecule has 1 aromatic rings. The van der Waals surface area contributed by atoms with Crippen LogP contribution in [0.15, 0.2) is 30.3 Å². The van der Waals surface area contributed by atoms with E-state index >= 15 is 0 Å². The molecule has 0 aromatic heterocycles. The van der Waals surface area contributed by atoms with Gasteiger partial charge in [-0.05, 0) is 44.4 Å². The van der Waals surface area contributed by atoms with Crippen LogP contribution in [0.2, 0.25) is 0 Å². The Bertz CT molecular complexity index is 352. The molecule has 1 aromatic carbocycles. The number of piperidine rings is 1. The van der Waals surface area contributed by atoms with Crippen molar-refractivity contribution in [3.05, 3.63) is 30.3 Å². The average molecular weight is 281 g/mol. The Kier molecular flexibility index (Phi) is 6.80. The van der Waals surface area contributed by atoms with Gasteiger partial charge in [-0.3, -0.25) is 0 Å². The number of unbranched alkanes of at least 4 members (excludes halogenated alkanes) is 1. The summed E-state index contributed by atoms with van der Waals surface area (Å²) in [5.41, 5.74) is 0. The minimum atomic E-state index is 0.0256. The molecule has 0 atom stereocenters. The highest BCUT2D eigenvalue weighted by molar-refractivity contribution is 5.20. The predicted octanol–water partition coefficient (Wildman–Crippen LogP) is 2.73. The second kappa shape index (κ2) is 8.92. The Hall–Kier alpha value is -1.14. The molecule has 0 radical (unpaired) electrons. The molecule has 1 aliphatic heterocycles. The monoisotopic (exact) mass is 281 g/mol. The summed E-state index contributed by atoms with van der Waals surface area (Å²) in [6.45, 7) is 3.84. The van der Waals surface area contributed by atoms with Gasteiger partial charge in [0.15, 0.2) is 0 Å². The number of nitrogens with zero attached hydrogens (tertiary/aromatic N) is 1. The zero-order chi connectivity index (χ0) is 14.0. The molecular formula is C15H23NO4. The third-order valence-corrected chi connectivity index (χ3v) is 3.59. The smallest absolute Gasteiger partial charge is 0.119 e. The Morgan fingerprint density at radius 2 is 1.85 bits per heavy atom. The van der Waals surface area contributed by atoms with Gasteiger partial charge in [0, 0.05) is 13.1 Å². The minimum absolute atomic E-state index is 0.0256. The van der Waals surface area contributed by atoms with E-state index in [0.717, 1.165) is 57.7 Å². The fraction of sp³-hybridized carbons (Fsp3) is 0.600. The van der Waals surface area contributed by atoms with E-state index in [0.29, 0.717) is 0 Å². The standard InChI is InChI=1S/C15H23NO4/c17-20-19-15-8-11-16(12-9-15)10-4-5-13-18-14-6-2-1-3-7-14/h1-3,6-7,15,17H,4-5,8-13H2. The number of rotatable bonds is 8. The van der Waals surface area contributed by atoms with E-state index in [-0.39, 0.29) is 6.10 Å². The molecule has 2 rings (SSSR count). The molecule has 1 fully saturated rings. The summed E-state index contributed by atoms with van der Waals surface area (Å²) in [6.07, 6.45) is 4.03. The van der Waals surface area contributed by atoms with Gasteiger partial charge in [-0.2, -0.15) is 0 Å². The van der Waals surface area contributed by atoms with Gasteiger partial charge in [0.1, 0.15) is 5.75 Å². The van der Waals surface area contributed by atoms with Crippen LogP contribution in [-0.2, 0) is 9.93 Å². The Balaban J connectivity index is 1.50. The Morgan fingerprint density at radius 1 is 1.10 bits per heavy atom. The lowest BCUT2D eigenvalue weighted by Crippen LogP contribution is -2.37. The average Bonchev–Trinajstić information content (AvgIpc) is 2.50. The van der Waals surface area contributed by atoms with Gasteiger partial charge < -0.3 is 9.64 Å². The normalized spacial score (nSPS) is 17.2. The quantitative estimate of drug-likeness (QED) is 0.451. The maximum Gasteiger partial charge on any atom is 0.119 e. The molecule has 0 spiro atoms. The van der Waals surface area contributed by atoms with E-state index in [4.69, 9.17) is 14.9 Å². The lowest BCUT2D eigenvalue weighted by Gasteiger charge is -2.30. The lowest BCUT2D eigenvalue weighted by molar-refractivity contribution is -0.508. The van der Waals surface area contributed by atoms with Crippen LogP contribution in [0.5, 0.6) is 5.75 Å². The first-order chi connectivity index (χ1) is 9.88. The molecule has 5 heteroatoms. The van der Waals surface area contributed by atoms with Crippen LogP contribution in [0.1, 0.15) is 25.7 Å². The molecule has 1 heterocycles. The van der Waals surface area contributed by atoms with E-state index in [1.54, 1.807) is 0 Å². The highest BCUT2D eigenvalue weighted by atomic mass is 17.5. The van der Waals surface area contributed by atoms with Crippen molar-refractivity contribution in [1.29, 1.82) is 0 Å². The predicted molar refractivity (Wildman–Crippen MR) is 75.4 cm³/mol. The van der Waals surface area contributed by atoms with Crippen molar-refractivity contribution in [3.8, 4) is 5.75 Å². The van der Waals surface area contributed by atoms with Gasteiger partial charge in [0.25, 0.3) is 0 Å². The van der Waals surface area contributed by atoms with Gasteiger partial charge in [-0.15, -0.1) is 0 Å². The van der Waals surface area contributed by atoms with E-state index in [1.165, 1.54) is 0 Å². The fourth-order valence-electron chi connectivity index (χ4n) is 2.43. The number of likely N-dealkylation sites (tertiary alicyclic amines) is 1. The van der Waals surface area contributed by atoms with Crippen molar-refractivity contribution in [2.45, 2.75) is 31.8 Å². The third kappa shape index (κ3) is 5.46. The summed E-state index contributed by atoms with van der Waals surface area (Å²) in [4.78, 5) is 7.15. The largest absolute Gasteiger partial charge is 0.494 e. The Labute approximate surface area is 119 Å². The minimum Gasteiger partial charge on any atom is -0.494 e. The highest BCUT2D eigenvalue weighted by Gasteiger charge is 2.19. The van der Waals surface area contributed by atoms with Crippen LogP contribution in [0.3, 0.4) is 0 Å². The molecular weight excluding hydrogens is 258 g/mol. The molecule has 0 saturated carbocycles. The number of hydrogen-bond acceptors (Lipinski definition) is 5. The fourth-order valence-corrected chi connectivity index (χ4v) is 2.43. The van der Waals surface area contributed by atoms with Gasteiger partial charge in [0.05, 0.1) is 12.7 Å².